The lowest BCUT2D eigenvalue weighted by molar-refractivity contribution is 0.0754. The molecule has 0 spiro atoms. The lowest BCUT2D eigenvalue weighted by Crippen LogP contribution is -2.38. The van der Waals surface area contributed by atoms with Gasteiger partial charge in [-0.2, -0.15) is 0 Å². The lowest BCUT2D eigenvalue weighted by Gasteiger charge is -2.32. The molecule has 0 radical (unpaired) electrons. The minimum absolute atomic E-state index is 0.0720. The van der Waals surface area contributed by atoms with Gasteiger partial charge in [0.2, 0.25) is 0 Å². The van der Waals surface area contributed by atoms with Gasteiger partial charge in [-0.25, -0.2) is 4.98 Å². The fourth-order valence-electron chi connectivity index (χ4n) is 3.88. The van der Waals surface area contributed by atoms with Crippen LogP contribution in [0.5, 0.6) is 5.75 Å². The standard InChI is InChI=1S/C24H29N5O2/c1-18-15-26-23(27-18)17-28(2)24(30)21-8-3-4-9-22(21)31-20-10-13-29(14-11-20)16-19-7-5-6-12-25-19/h3-9,12,15,20H,10-11,13-14,16-17H2,1-2H3,(H,26,27). The molecule has 3 heterocycles. The SMILES string of the molecule is Cc1cnc(CN(C)C(=O)c2ccccc2OC2CCN(Cc3ccccn3)CC2)[nH]1. The third-order valence-corrected chi connectivity index (χ3v) is 5.55. The molecule has 1 amide bonds. The number of carbonyl (C=O) groups is 1. The number of H-pyrrole nitrogens is 1. The van der Waals surface area contributed by atoms with E-state index >= 15 is 0 Å². The molecule has 0 atom stereocenters. The first-order chi connectivity index (χ1) is 15.1. The molecule has 0 bridgehead atoms. The number of nitrogens with one attached hydrogen (secondary N) is 1. The average Bonchev–Trinajstić information content (AvgIpc) is 3.20. The van der Waals surface area contributed by atoms with Crippen LogP contribution in [0.4, 0.5) is 0 Å². The number of likely N-dealkylation sites (tertiary alicyclic amines) is 1. The van der Waals surface area contributed by atoms with Crippen LogP contribution in [0.1, 0.15) is 40.4 Å². The quantitative estimate of drug-likeness (QED) is 0.635. The number of hydrogen-bond donors (Lipinski definition) is 1. The van der Waals surface area contributed by atoms with Gasteiger partial charge >= 0.3 is 0 Å². The molecule has 3 aromatic rings. The lowest BCUT2D eigenvalue weighted by atomic mass is 10.1. The third-order valence-electron chi connectivity index (χ3n) is 5.55. The van der Waals surface area contributed by atoms with Crippen LogP contribution in [0.3, 0.4) is 0 Å². The van der Waals surface area contributed by atoms with Gasteiger partial charge in [-0.3, -0.25) is 14.7 Å². The summed E-state index contributed by atoms with van der Waals surface area (Å²) in [5, 5.41) is 0. The number of aromatic amines is 1. The second kappa shape index (κ2) is 9.75. The maximum Gasteiger partial charge on any atom is 0.257 e. The summed E-state index contributed by atoms with van der Waals surface area (Å²) in [6, 6.07) is 13.5. The first-order valence-corrected chi connectivity index (χ1v) is 10.7. The largest absolute Gasteiger partial charge is 0.489 e. The molecule has 1 N–H and O–H groups in total. The molecule has 4 rings (SSSR count). The van der Waals surface area contributed by atoms with Gasteiger partial charge in [0.05, 0.1) is 17.8 Å². The molecule has 1 aromatic carbocycles. The van der Waals surface area contributed by atoms with Gasteiger partial charge in [-0.1, -0.05) is 18.2 Å². The fraction of sp³-hybridized carbons (Fsp3) is 0.375. The smallest absolute Gasteiger partial charge is 0.257 e. The molecule has 0 saturated carbocycles. The Morgan fingerprint density at radius 2 is 1.94 bits per heavy atom. The van der Waals surface area contributed by atoms with Crippen LogP contribution < -0.4 is 4.74 Å². The van der Waals surface area contributed by atoms with Crippen molar-refractivity contribution in [3.05, 3.63) is 77.6 Å². The molecule has 7 nitrogen and oxygen atoms in total. The van der Waals surface area contributed by atoms with Crippen molar-refractivity contribution in [3.63, 3.8) is 0 Å². The van der Waals surface area contributed by atoms with Crippen LogP contribution in [0.2, 0.25) is 0 Å². The summed E-state index contributed by atoms with van der Waals surface area (Å²) in [6.45, 7) is 5.14. The molecule has 0 aliphatic carbocycles. The fourth-order valence-corrected chi connectivity index (χ4v) is 3.88. The topological polar surface area (TPSA) is 74.4 Å². The zero-order valence-electron chi connectivity index (χ0n) is 18.1. The number of nitrogens with zero attached hydrogens (tertiary/aromatic N) is 4. The number of hydrogen-bond acceptors (Lipinski definition) is 5. The van der Waals surface area contributed by atoms with E-state index in [2.05, 4.69) is 25.9 Å². The molecule has 2 aromatic heterocycles. The Morgan fingerprint density at radius 3 is 2.65 bits per heavy atom. The molecule has 1 aliphatic heterocycles. The predicted molar refractivity (Wildman–Crippen MR) is 119 cm³/mol. The molecule has 1 saturated heterocycles. The van der Waals surface area contributed by atoms with Gasteiger partial charge in [0, 0.05) is 44.8 Å². The summed E-state index contributed by atoms with van der Waals surface area (Å²) in [6.07, 6.45) is 5.56. The van der Waals surface area contributed by atoms with E-state index in [4.69, 9.17) is 4.74 Å². The normalized spacial score (nSPS) is 15.0. The Balaban J connectivity index is 1.35. The number of imidazole rings is 1. The van der Waals surface area contributed by atoms with E-state index in [-0.39, 0.29) is 12.0 Å². The second-order valence-electron chi connectivity index (χ2n) is 8.08. The van der Waals surface area contributed by atoms with Crippen molar-refractivity contribution in [2.75, 3.05) is 20.1 Å². The van der Waals surface area contributed by atoms with E-state index < -0.39 is 0 Å². The van der Waals surface area contributed by atoms with Crippen molar-refractivity contribution in [3.8, 4) is 5.75 Å². The molecule has 0 unspecified atom stereocenters. The summed E-state index contributed by atoms with van der Waals surface area (Å²) in [7, 11) is 1.78. The number of aromatic nitrogens is 3. The van der Waals surface area contributed by atoms with Crippen molar-refractivity contribution in [1.29, 1.82) is 0 Å². The molecule has 7 heteroatoms. The average molecular weight is 420 g/mol. The number of rotatable bonds is 7. The van der Waals surface area contributed by atoms with Crippen molar-refractivity contribution < 1.29 is 9.53 Å². The van der Waals surface area contributed by atoms with Crippen LogP contribution in [-0.2, 0) is 13.1 Å². The summed E-state index contributed by atoms with van der Waals surface area (Å²) < 4.78 is 6.30. The summed E-state index contributed by atoms with van der Waals surface area (Å²) >= 11 is 0. The maximum absolute atomic E-state index is 13.1. The van der Waals surface area contributed by atoms with Crippen molar-refractivity contribution in [2.24, 2.45) is 0 Å². The highest BCUT2D eigenvalue weighted by atomic mass is 16.5. The van der Waals surface area contributed by atoms with E-state index in [0.29, 0.717) is 17.9 Å². The Morgan fingerprint density at radius 1 is 1.16 bits per heavy atom. The Kier molecular flexibility index (Phi) is 6.62. The Labute approximate surface area is 183 Å². The van der Waals surface area contributed by atoms with Gasteiger partial charge in [0.1, 0.15) is 17.7 Å². The van der Waals surface area contributed by atoms with Crippen LogP contribution in [-0.4, -0.2) is 56.9 Å². The zero-order chi connectivity index (χ0) is 21.6. The Hall–Kier alpha value is -3.19. The number of amides is 1. The van der Waals surface area contributed by atoms with E-state index in [1.807, 2.05) is 49.5 Å². The third kappa shape index (κ3) is 5.49. The highest BCUT2D eigenvalue weighted by Crippen LogP contribution is 2.25. The van der Waals surface area contributed by atoms with E-state index in [1.165, 1.54) is 0 Å². The minimum Gasteiger partial charge on any atom is -0.489 e. The van der Waals surface area contributed by atoms with Crippen LogP contribution in [0.25, 0.3) is 0 Å². The van der Waals surface area contributed by atoms with Crippen molar-refractivity contribution in [2.45, 2.75) is 39.0 Å². The molecule has 162 valence electrons. The number of aryl methyl sites for hydroxylation is 1. The van der Waals surface area contributed by atoms with E-state index in [0.717, 1.165) is 49.7 Å². The predicted octanol–water partition coefficient (Wildman–Crippen LogP) is 3.43. The van der Waals surface area contributed by atoms with Gasteiger partial charge in [0.25, 0.3) is 5.91 Å². The number of pyridine rings is 1. The Bertz CT molecular complexity index is 996. The highest BCUT2D eigenvalue weighted by molar-refractivity contribution is 5.96. The number of piperidine rings is 1. The van der Waals surface area contributed by atoms with Gasteiger partial charge in [-0.15, -0.1) is 0 Å². The van der Waals surface area contributed by atoms with Gasteiger partial charge < -0.3 is 14.6 Å². The number of benzene rings is 1. The van der Waals surface area contributed by atoms with E-state index in [9.17, 15) is 4.79 Å². The maximum atomic E-state index is 13.1. The first kappa shape index (κ1) is 21.1. The van der Waals surface area contributed by atoms with Crippen molar-refractivity contribution in [1.82, 2.24) is 24.8 Å². The number of ether oxygens (including phenoxy) is 1. The van der Waals surface area contributed by atoms with Gasteiger partial charge in [-0.05, 0) is 44.0 Å². The zero-order valence-corrected chi connectivity index (χ0v) is 18.1. The molecule has 1 fully saturated rings. The second-order valence-corrected chi connectivity index (χ2v) is 8.08. The molecular formula is C24H29N5O2. The van der Waals surface area contributed by atoms with Crippen molar-refractivity contribution >= 4 is 5.91 Å². The van der Waals surface area contributed by atoms with Crippen LogP contribution in [0.15, 0.2) is 54.9 Å². The van der Waals surface area contributed by atoms with Crippen LogP contribution >= 0.6 is 0 Å². The summed E-state index contributed by atoms with van der Waals surface area (Å²) in [4.78, 5) is 29.0. The number of para-hydroxylation sites is 1. The van der Waals surface area contributed by atoms with E-state index in [1.54, 1.807) is 18.1 Å². The monoisotopic (exact) mass is 419 g/mol. The molecule has 1 aliphatic rings. The first-order valence-electron chi connectivity index (χ1n) is 10.7. The van der Waals surface area contributed by atoms with Crippen LogP contribution in [0, 0.1) is 6.92 Å². The summed E-state index contributed by atoms with van der Waals surface area (Å²) in [5.74, 6) is 1.35. The number of carbonyl (C=O) groups excluding carboxylic acids is 1. The van der Waals surface area contributed by atoms with Gasteiger partial charge in [0.15, 0.2) is 0 Å². The summed E-state index contributed by atoms with van der Waals surface area (Å²) in [5.41, 5.74) is 2.66. The highest BCUT2D eigenvalue weighted by Gasteiger charge is 2.24. The molecule has 31 heavy (non-hydrogen) atoms. The minimum atomic E-state index is -0.0720. The molecular weight excluding hydrogens is 390 g/mol.